The highest BCUT2D eigenvalue weighted by Crippen LogP contribution is 1.97. The van der Waals surface area contributed by atoms with Crippen LogP contribution < -0.4 is 0 Å². The first-order valence-corrected chi connectivity index (χ1v) is 5.25. The number of rotatable bonds is 1. The van der Waals surface area contributed by atoms with Gasteiger partial charge in [0.2, 0.25) is 0 Å². The number of hydrogen-bond donors (Lipinski definition) is 0. The topological polar surface area (TPSA) is 0 Å². The van der Waals surface area contributed by atoms with Crippen LogP contribution in [0, 0.1) is 11.8 Å². The highest BCUT2D eigenvalue weighted by molar-refractivity contribution is 9.09. The summed E-state index contributed by atoms with van der Waals surface area (Å²) >= 11 is 3.33. The van der Waals surface area contributed by atoms with Crippen molar-refractivity contribution in [3.8, 4) is 11.8 Å². The van der Waals surface area contributed by atoms with E-state index in [9.17, 15) is 0 Å². The quantitative estimate of drug-likeness (QED) is 0.517. The molecule has 13 heavy (non-hydrogen) atoms. The molecule has 1 heteroatoms. The van der Waals surface area contributed by atoms with Crippen LogP contribution in [-0.4, -0.2) is 5.33 Å². The first-order valence-electron chi connectivity index (χ1n) is 4.12. The third kappa shape index (κ3) is 3.96. The molecule has 0 aliphatic carbocycles. The molecule has 1 aromatic rings. The molecule has 0 aromatic heterocycles. The third-order valence-corrected chi connectivity index (χ3v) is 1.88. The summed E-state index contributed by atoms with van der Waals surface area (Å²) in [4.78, 5) is 0. The molecular weight excluding hydrogens is 224 g/mol. The van der Waals surface area contributed by atoms with E-state index < -0.39 is 0 Å². The van der Waals surface area contributed by atoms with Crippen molar-refractivity contribution in [3.05, 3.63) is 47.5 Å². The van der Waals surface area contributed by atoms with E-state index in [0.29, 0.717) is 0 Å². The van der Waals surface area contributed by atoms with Gasteiger partial charge in [0.15, 0.2) is 0 Å². The smallest absolute Gasteiger partial charge is 0.0248 e. The summed E-state index contributed by atoms with van der Waals surface area (Å²) in [5.74, 6) is 6.17. The van der Waals surface area contributed by atoms with Crippen LogP contribution in [0.5, 0.6) is 0 Å². The second kappa shape index (κ2) is 5.61. The molecule has 0 fully saturated rings. The van der Waals surface area contributed by atoms with Crippen LogP contribution in [0.3, 0.4) is 0 Å². The van der Waals surface area contributed by atoms with Crippen molar-refractivity contribution >= 4 is 15.9 Å². The SMILES string of the molecule is C/C(C#Cc1ccccc1)=C\CBr. The minimum absolute atomic E-state index is 0.863. The zero-order valence-corrected chi connectivity index (χ0v) is 9.14. The van der Waals surface area contributed by atoms with Gasteiger partial charge in [0.1, 0.15) is 0 Å². The van der Waals surface area contributed by atoms with Crippen molar-refractivity contribution in [1.29, 1.82) is 0 Å². The monoisotopic (exact) mass is 234 g/mol. The van der Waals surface area contributed by atoms with Crippen LogP contribution in [0.15, 0.2) is 42.0 Å². The van der Waals surface area contributed by atoms with Gasteiger partial charge in [-0.05, 0) is 24.6 Å². The zero-order valence-electron chi connectivity index (χ0n) is 7.55. The Morgan fingerprint density at radius 1 is 1.38 bits per heavy atom. The molecule has 0 bridgehead atoms. The molecule has 0 radical (unpaired) electrons. The highest BCUT2D eigenvalue weighted by Gasteiger charge is 1.82. The average Bonchev–Trinajstić information content (AvgIpc) is 2.17. The Bertz CT molecular complexity index is 338. The molecule has 0 N–H and O–H groups in total. The van der Waals surface area contributed by atoms with Crippen LogP contribution in [0.25, 0.3) is 0 Å². The Morgan fingerprint density at radius 3 is 2.69 bits per heavy atom. The summed E-state index contributed by atoms with van der Waals surface area (Å²) in [6, 6.07) is 10.00. The molecule has 66 valence electrons. The molecule has 1 aromatic carbocycles. The predicted octanol–water partition coefficient (Wildman–Crippen LogP) is 3.38. The zero-order chi connectivity index (χ0) is 9.52. The highest BCUT2D eigenvalue weighted by atomic mass is 79.9. The summed E-state index contributed by atoms with van der Waals surface area (Å²) in [7, 11) is 0. The van der Waals surface area contributed by atoms with Gasteiger partial charge < -0.3 is 0 Å². The van der Waals surface area contributed by atoms with Gasteiger partial charge in [-0.1, -0.05) is 52.0 Å². The van der Waals surface area contributed by atoms with E-state index in [-0.39, 0.29) is 0 Å². The lowest BCUT2D eigenvalue weighted by atomic mass is 10.2. The second-order valence-corrected chi connectivity index (χ2v) is 3.30. The Labute approximate surface area is 87.8 Å². The fourth-order valence-electron chi connectivity index (χ4n) is 0.859. The Kier molecular flexibility index (Phi) is 4.35. The molecule has 0 aliphatic heterocycles. The molecule has 0 spiro atoms. The third-order valence-electron chi connectivity index (χ3n) is 1.56. The van der Waals surface area contributed by atoms with Gasteiger partial charge in [0, 0.05) is 10.9 Å². The molecule has 0 saturated carbocycles. The van der Waals surface area contributed by atoms with Crippen LogP contribution in [0.2, 0.25) is 0 Å². The average molecular weight is 235 g/mol. The van der Waals surface area contributed by atoms with Crippen molar-refractivity contribution < 1.29 is 0 Å². The minimum Gasteiger partial charge on any atom is -0.0882 e. The standard InChI is InChI=1S/C12H11Br/c1-11(9-10-13)7-8-12-5-3-2-4-6-12/h2-6,9H,10H2,1H3/b11-9+. The van der Waals surface area contributed by atoms with E-state index in [4.69, 9.17) is 0 Å². The van der Waals surface area contributed by atoms with Crippen molar-refractivity contribution in [3.63, 3.8) is 0 Å². The van der Waals surface area contributed by atoms with E-state index in [0.717, 1.165) is 16.5 Å². The molecule has 0 aliphatic rings. The summed E-state index contributed by atoms with van der Waals surface area (Å²) < 4.78 is 0. The minimum atomic E-state index is 0.863. The number of allylic oxidation sites excluding steroid dienone is 2. The normalized spacial score (nSPS) is 10.5. The Hall–Kier alpha value is -1.000. The number of halogens is 1. The Morgan fingerprint density at radius 2 is 2.08 bits per heavy atom. The van der Waals surface area contributed by atoms with Crippen molar-refractivity contribution in [2.75, 3.05) is 5.33 Å². The predicted molar refractivity (Wildman–Crippen MR) is 60.9 cm³/mol. The fourth-order valence-corrected chi connectivity index (χ4v) is 1.34. The fraction of sp³-hybridized carbons (Fsp3) is 0.167. The van der Waals surface area contributed by atoms with E-state index in [1.165, 1.54) is 0 Å². The molecule has 0 unspecified atom stereocenters. The lowest BCUT2D eigenvalue weighted by Crippen LogP contribution is -1.73. The lowest BCUT2D eigenvalue weighted by Gasteiger charge is -1.87. The van der Waals surface area contributed by atoms with Crippen LogP contribution in [0.4, 0.5) is 0 Å². The van der Waals surface area contributed by atoms with Crippen molar-refractivity contribution in [2.45, 2.75) is 6.92 Å². The number of benzene rings is 1. The maximum Gasteiger partial charge on any atom is 0.0248 e. The van der Waals surface area contributed by atoms with E-state index >= 15 is 0 Å². The molecular formula is C12H11Br. The van der Waals surface area contributed by atoms with Crippen LogP contribution in [0.1, 0.15) is 12.5 Å². The maximum absolute atomic E-state index is 3.33. The molecule has 0 saturated heterocycles. The van der Waals surface area contributed by atoms with Gasteiger partial charge in [0.05, 0.1) is 0 Å². The summed E-state index contributed by atoms with van der Waals surface area (Å²) in [6.45, 7) is 2.01. The molecule has 0 atom stereocenters. The Balaban J connectivity index is 2.73. The summed E-state index contributed by atoms with van der Waals surface area (Å²) in [5, 5.41) is 0.863. The largest absolute Gasteiger partial charge is 0.0882 e. The first-order chi connectivity index (χ1) is 6.33. The van der Waals surface area contributed by atoms with Gasteiger partial charge in [0.25, 0.3) is 0 Å². The van der Waals surface area contributed by atoms with Gasteiger partial charge in [-0.15, -0.1) is 0 Å². The van der Waals surface area contributed by atoms with Gasteiger partial charge in [-0.25, -0.2) is 0 Å². The first kappa shape index (κ1) is 10.1. The second-order valence-electron chi connectivity index (χ2n) is 2.66. The lowest BCUT2D eigenvalue weighted by molar-refractivity contribution is 1.53. The van der Waals surface area contributed by atoms with E-state index in [2.05, 4.69) is 33.8 Å². The number of hydrogen-bond acceptors (Lipinski definition) is 0. The molecule has 0 nitrogen and oxygen atoms in total. The summed E-state index contributed by atoms with van der Waals surface area (Å²) in [6.07, 6.45) is 2.05. The van der Waals surface area contributed by atoms with E-state index in [1.807, 2.05) is 37.3 Å². The molecule has 0 heterocycles. The number of alkyl halides is 1. The molecule has 1 rings (SSSR count). The van der Waals surface area contributed by atoms with E-state index in [1.54, 1.807) is 0 Å². The van der Waals surface area contributed by atoms with Crippen LogP contribution >= 0.6 is 15.9 Å². The molecule has 0 amide bonds. The van der Waals surface area contributed by atoms with Crippen molar-refractivity contribution in [1.82, 2.24) is 0 Å². The summed E-state index contributed by atoms with van der Waals surface area (Å²) in [5.41, 5.74) is 2.16. The van der Waals surface area contributed by atoms with Gasteiger partial charge in [-0.3, -0.25) is 0 Å². The van der Waals surface area contributed by atoms with Crippen molar-refractivity contribution in [2.24, 2.45) is 0 Å². The van der Waals surface area contributed by atoms with Gasteiger partial charge in [-0.2, -0.15) is 0 Å². The maximum atomic E-state index is 3.33. The van der Waals surface area contributed by atoms with Crippen LogP contribution in [-0.2, 0) is 0 Å². The van der Waals surface area contributed by atoms with Gasteiger partial charge >= 0.3 is 0 Å².